The minimum Gasteiger partial charge on any atom is -0.494 e. The Hall–Kier alpha value is -3.02. The van der Waals surface area contributed by atoms with E-state index >= 15 is 0 Å². The summed E-state index contributed by atoms with van der Waals surface area (Å²) in [6.45, 7) is 2.52. The Morgan fingerprint density at radius 1 is 0.893 bits per heavy atom. The van der Waals surface area contributed by atoms with Gasteiger partial charge >= 0.3 is 6.03 Å². The number of carbonyl (C=O) groups is 2. The molecule has 0 aromatic heterocycles. The Morgan fingerprint density at radius 2 is 1.46 bits per heavy atom. The van der Waals surface area contributed by atoms with E-state index in [9.17, 15) is 9.59 Å². The van der Waals surface area contributed by atoms with Crippen molar-refractivity contribution in [3.8, 4) is 5.75 Å². The Labute approximate surface area is 165 Å². The van der Waals surface area contributed by atoms with E-state index in [1.165, 1.54) is 19.3 Å². The first-order valence-corrected chi connectivity index (χ1v) is 9.86. The third-order valence-electron chi connectivity index (χ3n) is 4.77. The fourth-order valence-corrected chi connectivity index (χ4v) is 3.32. The van der Waals surface area contributed by atoms with E-state index < -0.39 is 0 Å². The van der Waals surface area contributed by atoms with Crippen molar-refractivity contribution in [2.75, 3.05) is 17.2 Å². The molecule has 6 nitrogen and oxygen atoms in total. The summed E-state index contributed by atoms with van der Waals surface area (Å²) in [6, 6.07) is 14.0. The van der Waals surface area contributed by atoms with Crippen LogP contribution in [-0.2, 0) is 0 Å². The van der Waals surface area contributed by atoms with E-state index in [-0.39, 0.29) is 18.0 Å². The third-order valence-corrected chi connectivity index (χ3v) is 4.77. The number of hydrogen-bond donors (Lipinski definition) is 3. The zero-order valence-electron chi connectivity index (χ0n) is 16.2. The second-order valence-corrected chi connectivity index (χ2v) is 6.92. The average molecular weight is 381 g/mol. The lowest BCUT2D eigenvalue weighted by Crippen LogP contribution is -2.36. The highest BCUT2D eigenvalue weighted by atomic mass is 16.5. The van der Waals surface area contributed by atoms with Gasteiger partial charge in [-0.15, -0.1) is 0 Å². The van der Waals surface area contributed by atoms with Gasteiger partial charge in [0.15, 0.2) is 0 Å². The van der Waals surface area contributed by atoms with E-state index in [1.807, 2.05) is 6.92 Å². The molecule has 0 bridgehead atoms. The van der Waals surface area contributed by atoms with Gasteiger partial charge < -0.3 is 20.7 Å². The first kappa shape index (κ1) is 19.7. The van der Waals surface area contributed by atoms with Crippen molar-refractivity contribution in [3.63, 3.8) is 0 Å². The van der Waals surface area contributed by atoms with Gasteiger partial charge in [-0.3, -0.25) is 4.79 Å². The number of amides is 3. The molecular formula is C22H27N3O3. The van der Waals surface area contributed by atoms with Crippen LogP contribution in [0.3, 0.4) is 0 Å². The van der Waals surface area contributed by atoms with Gasteiger partial charge in [0.2, 0.25) is 0 Å². The molecule has 0 heterocycles. The molecule has 0 unspecified atom stereocenters. The Morgan fingerprint density at radius 3 is 2.04 bits per heavy atom. The molecule has 0 saturated heterocycles. The summed E-state index contributed by atoms with van der Waals surface area (Å²) in [5.74, 6) is 0.702. The summed E-state index contributed by atoms with van der Waals surface area (Å²) in [4.78, 5) is 24.5. The molecule has 3 N–H and O–H groups in total. The van der Waals surface area contributed by atoms with E-state index in [0.717, 1.165) is 18.6 Å². The molecule has 0 aliphatic heterocycles. The van der Waals surface area contributed by atoms with Crippen molar-refractivity contribution in [1.82, 2.24) is 5.32 Å². The van der Waals surface area contributed by atoms with Crippen LogP contribution in [0.5, 0.6) is 5.75 Å². The molecule has 0 radical (unpaired) electrons. The van der Waals surface area contributed by atoms with Crippen LogP contribution >= 0.6 is 0 Å². The monoisotopic (exact) mass is 381 g/mol. The summed E-state index contributed by atoms with van der Waals surface area (Å²) < 4.78 is 5.38. The predicted octanol–water partition coefficient (Wildman–Crippen LogP) is 4.79. The van der Waals surface area contributed by atoms with Gasteiger partial charge in [0.25, 0.3) is 5.91 Å². The molecular weight excluding hydrogens is 354 g/mol. The number of nitrogens with one attached hydrogen (secondary N) is 3. The second-order valence-electron chi connectivity index (χ2n) is 6.92. The van der Waals surface area contributed by atoms with Crippen LogP contribution in [0.2, 0.25) is 0 Å². The summed E-state index contributed by atoms with van der Waals surface area (Å²) in [7, 11) is 0. The van der Waals surface area contributed by atoms with Crippen LogP contribution in [0.4, 0.5) is 16.2 Å². The average Bonchev–Trinajstić information content (AvgIpc) is 2.71. The van der Waals surface area contributed by atoms with Gasteiger partial charge in [0.1, 0.15) is 5.75 Å². The van der Waals surface area contributed by atoms with Crippen molar-refractivity contribution in [2.45, 2.75) is 45.1 Å². The van der Waals surface area contributed by atoms with Crippen molar-refractivity contribution in [3.05, 3.63) is 54.1 Å². The van der Waals surface area contributed by atoms with Gasteiger partial charge in [0.05, 0.1) is 6.61 Å². The molecule has 3 amide bonds. The quantitative estimate of drug-likeness (QED) is 0.673. The maximum Gasteiger partial charge on any atom is 0.323 e. The standard InChI is InChI=1S/C22H27N3O3/c1-2-28-20-14-12-19(13-15-20)25-22(27)24-18-10-8-16(9-11-18)21(26)23-17-6-4-3-5-7-17/h8-15,17H,2-7H2,1H3,(H,23,26)(H2,24,25,27). The first-order chi connectivity index (χ1) is 13.6. The molecule has 6 heteroatoms. The zero-order chi connectivity index (χ0) is 19.8. The normalized spacial score (nSPS) is 14.2. The van der Waals surface area contributed by atoms with Crippen molar-refractivity contribution >= 4 is 23.3 Å². The third kappa shape index (κ3) is 5.74. The molecule has 1 aliphatic rings. The van der Waals surface area contributed by atoms with Crippen LogP contribution in [0.1, 0.15) is 49.4 Å². The van der Waals surface area contributed by atoms with E-state index in [1.54, 1.807) is 48.5 Å². The lowest BCUT2D eigenvalue weighted by atomic mass is 9.95. The van der Waals surface area contributed by atoms with E-state index in [2.05, 4.69) is 16.0 Å². The van der Waals surface area contributed by atoms with Gasteiger partial charge in [0, 0.05) is 23.0 Å². The maximum atomic E-state index is 12.3. The van der Waals surface area contributed by atoms with E-state index in [0.29, 0.717) is 23.5 Å². The Bertz CT molecular complexity index is 782. The SMILES string of the molecule is CCOc1ccc(NC(=O)Nc2ccc(C(=O)NC3CCCCC3)cc2)cc1. The molecule has 1 saturated carbocycles. The molecule has 2 aromatic carbocycles. The van der Waals surface area contributed by atoms with Gasteiger partial charge in [-0.2, -0.15) is 0 Å². The largest absolute Gasteiger partial charge is 0.494 e. The van der Waals surface area contributed by atoms with Crippen molar-refractivity contribution in [1.29, 1.82) is 0 Å². The van der Waals surface area contributed by atoms with Gasteiger partial charge in [-0.25, -0.2) is 4.79 Å². The molecule has 2 aromatic rings. The lowest BCUT2D eigenvalue weighted by molar-refractivity contribution is 0.0927. The minimum atomic E-state index is -0.344. The number of carbonyl (C=O) groups excluding carboxylic acids is 2. The highest BCUT2D eigenvalue weighted by molar-refractivity contribution is 6.00. The predicted molar refractivity (Wildman–Crippen MR) is 111 cm³/mol. The summed E-state index contributed by atoms with van der Waals surface area (Å²) in [6.07, 6.45) is 5.72. The zero-order valence-corrected chi connectivity index (χ0v) is 16.2. The fraction of sp³-hybridized carbons (Fsp3) is 0.364. The molecule has 3 rings (SSSR count). The smallest absolute Gasteiger partial charge is 0.323 e. The number of hydrogen-bond acceptors (Lipinski definition) is 3. The van der Waals surface area contributed by atoms with E-state index in [4.69, 9.17) is 4.74 Å². The number of rotatable bonds is 6. The fourth-order valence-electron chi connectivity index (χ4n) is 3.32. The van der Waals surface area contributed by atoms with Crippen LogP contribution in [-0.4, -0.2) is 24.6 Å². The molecule has 1 fully saturated rings. The number of urea groups is 1. The van der Waals surface area contributed by atoms with Crippen LogP contribution in [0.25, 0.3) is 0 Å². The Balaban J connectivity index is 1.50. The molecule has 28 heavy (non-hydrogen) atoms. The minimum absolute atomic E-state index is 0.0581. The molecule has 0 spiro atoms. The first-order valence-electron chi connectivity index (χ1n) is 9.86. The summed E-state index contributed by atoms with van der Waals surface area (Å²) in [5, 5.41) is 8.62. The van der Waals surface area contributed by atoms with Crippen LogP contribution < -0.4 is 20.7 Å². The summed E-state index contributed by atoms with van der Waals surface area (Å²) in [5.41, 5.74) is 1.89. The van der Waals surface area contributed by atoms with Crippen molar-refractivity contribution in [2.24, 2.45) is 0 Å². The molecule has 0 atom stereocenters. The Kier molecular flexibility index (Phi) is 6.89. The molecule has 148 valence electrons. The lowest BCUT2D eigenvalue weighted by Gasteiger charge is -2.22. The van der Waals surface area contributed by atoms with Crippen LogP contribution in [0, 0.1) is 0 Å². The topological polar surface area (TPSA) is 79.5 Å². The van der Waals surface area contributed by atoms with Gasteiger partial charge in [-0.05, 0) is 68.3 Å². The van der Waals surface area contributed by atoms with Gasteiger partial charge in [-0.1, -0.05) is 19.3 Å². The maximum absolute atomic E-state index is 12.3. The van der Waals surface area contributed by atoms with Crippen molar-refractivity contribution < 1.29 is 14.3 Å². The second kappa shape index (κ2) is 9.78. The van der Waals surface area contributed by atoms with Crippen LogP contribution in [0.15, 0.2) is 48.5 Å². The highest BCUT2D eigenvalue weighted by Gasteiger charge is 2.16. The highest BCUT2D eigenvalue weighted by Crippen LogP contribution is 2.19. The molecule has 1 aliphatic carbocycles. The number of anilines is 2. The number of ether oxygens (including phenoxy) is 1. The number of benzene rings is 2. The summed E-state index contributed by atoms with van der Waals surface area (Å²) >= 11 is 0.